The molecule has 0 aromatic carbocycles. The van der Waals surface area contributed by atoms with Crippen molar-refractivity contribution in [1.82, 2.24) is 14.3 Å². The van der Waals surface area contributed by atoms with Gasteiger partial charge in [0.25, 0.3) is 10.2 Å². The van der Waals surface area contributed by atoms with Crippen LogP contribution in [0.2, 0.25) is 0 Å². The van der Waals surface area contributed by atoms with Gasteiger partial charge in [0.2, 0.25) is 0 Å². The van der Waals surface area contributed by atoms with Crippen LogP contribution < -0.4 is 10.0 Å². The molecule has 0 radical (unpaired) electrons. The van der Waals surface area contributed by atoms with Gasteiger partial charge < -0.3 is 5.32 Å². The Balaban J connectivity index is 2.59. The first-order valence-corrected chi connectivity index (χ1v) is 8.56. The van der Waals surface area contributed by atoms with E-state index in [9.17, 15) is 8.42 Å². The molecule has 0 bridgehead atoms. The van der Waals surface area contributed by atoms with Crippen molar-refractivity contribution < 1.29 is 8.42 Å². The van der Waals surface area contributed by atoms with Crippen LogP contribution in [0.3, 0.4) is 0 Å². The van der Waals surface area contributed by atoms with Gasteiger partial charge in [-0.25, -0.2) is 0 Å². The SMILES string of the molecule is CC(C)NCC1CCCN(S(=O)(=O)NC(C)(C)C)C1. The van der Waals surface area contributed by atoms with Crippen molar-refractivity contribution in [2.24, 2.45) is 5.92 Å². The third kappa shape index (κ3) is 6.21. The summed E-state index contributed by atoms with van der Waals surface area (Å²) in [5.74, 6) is 0.410. The molecular formula is C13H29N3O2S. The second-order valence-corrected chi connectivity index (χ2v) is 8.46. The maximum Gasteiger partial charge on any atom is 0.279 e. The van der Waals surface area contributed by atoms with Crippen LogP contribution in [-0.2, 0) is 10.2 Å². The molecule has 1 unspecified atom stereocenters. The van der Waals surface area contributed by atoms with E-state index in [1.165, 1.54) is 0 Å². The summed E-state index contributed by atoms with van der Waals surface area (Å²) in [6.07, 6.45) is 2.04. The van der Waals surface area contributed by atoms with Crippen molar-refractivity contribution in [2.75, 3.05) is 19.6 Å². The number of nitrogens with zero attached hydrogens (tertiary/aromatic N) is 1. The molecule has 19 heavy (non-hydrogen) atoms. The van der Waals surface area contributed by atoms with Crippen molar-refractivity contribution in [3.8, 4) is 0 Å². The van der Waals surface area contributed by atoms with Gasteiger partial charge in [0.05, 0.1) is 0 Å². The van der Waals surface area contributed by atoms with Crippen LogP contribution in [-0.4, -0.2) is 43.9 Å². The maximum atomic E-state index is 12.3. The van der Waals surface area contributed by atoms with E-state index in [-0.39, 0.29) is 0 Å². The van der Waals surface area contributed by atoms with Crippen LogP contribution in [0, 0.1) is 5.92 Å². The summed E-state index contributed by atoms with van der Waals surface area (Å²) in [6, 6.07) is 0.444. The minimum absolute atomic E-state index is 0.410. The number of hydrogen-bond donors (Lipinski definition) is 2. The summed E-state index contributed by atoms with van der Waals surface area (Å²) >= 11 is 0. The van der Waals surface area contributed by atoms with Crippen molar-refractivity contribution >= 4 is 10.2 Å². The monoisotopic (exact) mass is 291 g/mol. The van der Waals surface area contributed by atoms with Crippen LogP contribution in [0.5, 0.6) is 0 Å². The Labute approximate surface area is 118 Å². The van der Waals surface area contributed by atoms with Crippen molar-refractivity contribution in [2.45, 2.75) is 59.0 Å². The molecule has 6 heteroatoms. The summed E-state index contributed by atoms with van der Waals surface area (Å²) < 4.78 is 28.9. The molecule has 5 nitrogen and oxygen atoms in total. The Morgan fingerprint density at radius 2 is 1.95 bits per heavy atom. The van der Waals surface area contributed by atoms with E-state index in [2.05, 4.69) is 23.9 Å². The number of nitrogens with one attached hydrogen (secondary N) is 2. The molecule has 2 N–H and O–H groups in total. The van der Waals surface area contributed by atoms with Crippen LogP contribution in [0.15, 0.2) is 0 Å². The Bertz CT molecular complexity index is 374. The molecule has 1 aliphatic heterocycles. The first-order valence-electron chi connectivity index (χ1n) is 7.12. The number of rotatable bonds is 5. The van der Waals surface area contributed by atoms with Gasteiger partial charge in [0, 0.05) is 24.7 Å². The molecule has 1 aliphatic rings. The minimum Gasteiger partial charge on any atom is -0.314 e. The van der Waals surface area contributed by atoms with Crippen LogP contribution in [0.1, 0.15) is 47.5 Å². The van der Waals surface area contributed by atoms with E-state index in [0.717, 1.165) is 19.4 Å². The molecule has 0 amide bonds. The highest BCUT2D eigenvalue weighted by Crippen LogP contribution is 2.19. The molecule has 0 aromatic heterocycles. The zero-order chi connectivity index (χ0) is 14.7. The van der Waals surface area contributed by atoms with E-state index < -0.39 is 15.7 Å². The van der Waals surface area contributed by atoms with Gasteiger partial charge in [-0.05, 0) is 46.1 Å². The Morgan fingerprint density at radius 1 is 1.32 bits per heavy atom. The molecule has 1 fully saturated rings. The van der Waals surface area contributed by atoms with Crippen molar-refractivity contribution in [3.63, 3.8) is 0 Å². The standard InChI is InChI=1S/C13H29N3O2S/c1-11(2)14-9-12-7-6-8-16(10-12)19(17,18)15-13(3,4)5/h11-12,14-15H,6-10H2,1-5H3. The van der Waals surface area contributed by atoms with E-state index in [4.69, 9.17) is 0 Å². The van der Waals surface area contributed by atoms with Gasteiger partial charge in [-0.2, -0.15) is 17.4 Å². The van der Waals surface area contributed by atoms with Gasteiger partial charge >= 0.3 is 0 Å². The fourth-order valence-electron chi connectivity index (χ4n) is 2.27. The van der Waals surface area contributed by atoms with Crippen molar-refractivity contribution in [1.29, 1.82) is 0 Å². The van der Waals surface area contributed by atoms with E-state index in [1.54, 1.807) is 4.31 Å². The Kier molecular flexibility index (Phi) is 5.79. The molecule has 1 atom stereocenters. The molecule has 1 rings (SSSR count). The van der Waals surface area contributed by atoms with E-state index >= 15 is 0 Å². The normalized spacial score (nSPS) is 22.9. The summed E-state index contributed by atoms with van der Waals surface area (Å²) in [5, 5.41) is 3.39. The van der Waals surface area contributed by atoms with Gasteiger partial charge in [0.1, 0.15) is 0 Å². The quantitative estimate of drug-likeness (QED) is 0.803. The fraction of sp³-hybridized carbons (Fsp3) is 1.00. The summed E-state index contributed by atoms with van der Waals surface area (Å²) in [7, 11) is -3.36. The lowest BCUT2D eigenvalue weighted by molar-refractivity contribution is 0.251. The average molecular weight is 291 g/mol. The Morgan fingerprint density at radius 3 is 2.47 bits per heavy atom. The highest BCUT2D eigenvalue weighted by molar-refractivity contribution is 7.87. The van der Waals surface area contributed by atoms with Gasteiger partial charge in [0.15, 0.2) is 0 Å². The smallest absolute Gasteiger partial charge is 0.279 e. The minimum atomic E-state index is -3.36. The van der Waals surface area contributed by atoms with Crippen LogP contribution in [0.25, 0.3) is 0 Å². The first kappa shape index (κ1) is 16.9. The van der Waals surface area contributed by atoms with Crippen molar-refractivity contribution in [3.05, 3.63) is 0 Å². The lowest BCUT2D eigenvalue weighted by atomic mass is 9.99. The largest absolute Gasteiger partial charge is 0.314 e. The average Bonchev–Trinajstić information content (AvgIpc) is 2.23. The molecular weight excluding hydrogens is 262 g/mol. The van der Waals surface area contributed by atoms with Gasteiger partial charge in [-0.1, -0.05) is 13.8 Å². The zero-order valence-corrected chi connectivity index (χ0v) is 13.7. The lowest BCUT2D eigenvalue weighted by Gasteiger charge is -2.34. The summed E-state index contributed by atoms with van der Waals surface area (Å²) in [6.45, 7) is 12.0. The first-order chi connectivity index (χ1) is 8.60. The fourth-order valence-corrected chi connectivity index (χ4v) is 3.95. The predicted molar refractivity (Wildman–Crippen MR) is 79.2 cm³/mol. The predicted octanol–water partition coefficient (Wildman–Crippen LogP) is 1.33. The lowest BCUT2D eigenvalue weighted by Crippen LogP contribution is -2.52. The number of hydrogen-bond acceptors (Lipinski definition) is 3. The summed E-state index contributed by atoms with van der Waals surface area (Å²) in [4.78, 5) is 0. The third-order valence-electron chi connectivity index (χ3n) is 3.07. The second-order valence-electron chi connectivity index (χ2n) is 6.79. The van der Waals surface area contributed by atoms with Gasteiger partial charge in [-0.3, -0.25) is 0 Å². The highest BCUT2D eigenvalue weighted by Gasteiger charge is 2.31. The van der Waals surface area contributed by atoms with Crippen LogP contribution >= 0.6 is 0 Å². The van der Waals surface area contributed by atoms with Crippen LogP contribution in [0.4, 0.5) is 0 Å². The molecule has 1 saturated heterocycles. The highest BCUT2D eigenvalue weighted by atomic mass is 32.2. The third-order valence-corrected chi connectivity index (χ3v) is 4.95. The topological polar surface area (TPSA) is 61.4 Å². The molecule has 0 aliphatic carbocycles. The number of piperidine rings is 1. The molecule has 114 valence electrons. The summed E-state index contributed by atoms with van der Waals surface area (Å²) in [5.41, 5.74) is -0.429. The molecule has 0 aromatic rings. The zero-order valence-electron chi connectivity index (χ0n) is 12.9. The molecule has 0 spiro atoms. The maximum absolute atomic E-state index is 12.3. The molecule has 1 heterocycles. The molecule has 0 saturated carbocycles. The van der Waals surface area contributed by atoms with Gasteiger partial charge in [-0.15, -0.1) is 0 Å². The van der Waals surface area contributed by atoms with E-state index in [0.29, 0.717) is 25.0 Å². The second kappa shape index (κ2) is 6.52. The Hall–Kier alpha value is -0.170. The van der Waals surface area contributed by atoms with E-state index in [1.807, 2.05) is 20.8 Å².